The van der Waals surface area contributed by atoms with E-state index in [0.29, 0.717) is 6.04 Å². The number of nitrogens with one attached hydrogen (secondary N) is 1. The molecule has 1 aromatic rings. The Kier molecular flexibility index (Phi) is 6.08. The molecule has 0 aromatic heterocycles. The molecule has 4 rings (SSSR count). The summed E-state index contributed by atoms with van der Waals surface area (Å²) < 4.78 is 0. The van der Waals surface area contributed by atoms with Gasteiger partial charge in [-0.05, 0) is 31.2 Å². The molecule has 0 bridgehead atoms. The smallest absolute Gasteiger partial charge is 0.253 e. The third-order valence-electron chi connectivity index (χ3n) is 6.29. The van der Waals surface area contributed by atoms with E-state index in [1.807, 2.05) is 12.1 Å². The van der Waals surface area contributed by atoms with E-state index < -0.39 is 0 Å². The Balaban J connectivity index is 1.35. The van der Waals surface area contributed by atoms with Gasteiger partial charge < -0.3 is 15.1 Å². The van der Waals surface area contributed by atoms with Crippen molar-refractivity contribution in [3.05, 3.63) is 35.4 Å². The summed E-state index contributed by atoms with van der Waals surface area (Å²) >= 11 is 0. The molecule has 1 unspecified atom stereocenters. The maximum absolute atomic E-state index is 13.0. The average molecular weight is 372 g/mol. The van der Waals surface area contributed by atoms with Gasteiger partial charge in [0, 0.05) is 83.6 Å². The van der Waals surface area contributed by atoms with E-state index in [1.54, 1.807) is 0 Å². The highest BCUT2D eigenvalue weighted by atomic mass is 16.2. The quantitative estimate of drug-likeness (QED) is 0.838. The molecule has 6 heteroatoms. The second-order valence-electron chi connectivity index (χ2n) is 8.26. The lowest BCUT2D eigenvalue weighted by atomic mass is 10.1. The van der Waals surface area contributed by atoms with E-state index in [-0.39, 0.29) is 5.91 Å². The predicted octanol–water partition coefficient (Wildman–Crippen LogP) is 0.554. The van der Waals surface area contributed by atoms with Gasteiger partial charge in [0.1, 0.15) is 0 Å². The Hall–Kier alpha value is -1.47. The Bertz CT molecular complexity index is 637. The van der Waals surface area contributed by atoms with Crippen LogP contribution in [0.2, 0.25) is 0 Å². The van der Waals surface area contributed by atoms with Gasteiger partial charge in [0.25, 0.3) is 5.91 Å². The molecule has 27 heavy (non-hydrogen) atoms. The number of likely N-dealkylation sites (tertiary alicyclic amines) is 1. The first kappa shape index (κ1) is 18.9. The lowest BCUT2D eigenvalue weighted by Gasteiger charge is -2.32. The highest BCUT2D eigenvalue weighted by molar-refractivity contribution is 5.94. The van der Waals surface area contributed by atoms with Gasteiger partial charge in [0.05, 0.1) is 0 Å². The molecule has 0 radical (unpaired) electrons. The van der Waals surface area contributed by atoms with Gasteiger partial charge >= 0.3 is 0 Å². The summed E-state index contributed by atoms with van der Waals surface area (Å²) in [7, 11) is 2.18. The van der Waals surface area contributed by atoms with Gasteiger partial charge in [-0.25, -0.2) is 0 Å². The Morgan fingerprint density at radius 2 is 1.85 bits per heavy atom. The third kappa shape index (κ3) is 4.69. The van der Waals surface area contributed by atoms with Crippen molar-refractivity contribution in [1.82, 2.24) is 24.9 Å². The van der Waals surface area contributed by atoms with Gasteiger partial charge in [-0.2, -0.15) is 0 Å². The summed E-state index contributed by atoms with van der Waals surface area (Å²) in [6, 6.07) is 8.82. The summed E-state index contributed by atoms with van der Waals surface area (Å²) in [6.45, 7) is 11.5. The molecule has 148 valence electrons. The largest absolute Gasteiger partial charge is 0.337 e. The summed E-state index contributed by atoms with van der Waals surface area (Å²) in [5, 5.41) is 3.41. The van der Waals surface area contributed by atoms with Crippen LogP contribution in [0.1, 0.15) is 22.3 Å². The van der Waals surface area contributed by atoms with Crippen molar-refractivity contribution < 1.29 is 4.79 Å². The van der Waals surface area contributed by atoms with Crippen molar-refractivity contribution in [3.63, 3.8) is 0 Å². The topological polar surface area (TPSA) is 42.1 Å². The van der Waals surface area contributed by atoms with Crippen molar-refractivity contribution in [1.29, 1.82) is 0 Å². The lowest BCUT2D eigenvalue weighted by Crippen LogP contribution is -2.49. The van der Waals surface area contributed by atoms with Crippen LogP contribution in [0, 0.1) is 0 Å². The molecule has 3 aliphatic heterocycles. The average Bonchev–Trinajstić information content (AvgIpc) is 3.20. The normalized spacial score (nSPS) is 25.8. The maximum atomic E-state index is 13.0. The molecule has 6 nitrogen and oxygen atoms in total. The van der Waals surface area contributed by atoms with Crippen LogP contribution in [-0.2, 0) is 6.54 Å². The summed E-state index contributed by atoms with van der Waals surface area (Å²) in [5.41, 5.74) is 2.10. The standard InChI is InChI=1S/C21H33N5O/c1-23-11-13-24(14-12-23)16-18-3-2-4-19(15-18)21(27)26-8-5-20(17-26)25-9-6-22-7-10-25/h2-4,15,20,22H,5-14,16-17H2,1H3. The number of likely N-dealkylation sites (N-methyl/N-ethyl adjacent to an activating group) is 1. The number of benzene rings is 1. The van der Waals surface area contributed by atoms with Crippen LogP contribution in [-0.4, -0.2) is 104 Å². The number of piperazine rings is 2. The van der Waals surface area contributed by atoms with Gasteiger partial charge in [0.2, 0.25) is 0 Å². The molecular weight excluding hydrogens is 338 g/mol. The van der Waals surface area contributed by atoms with Gasteiger partial charge in [-0.15, -0.1) is 0 Å². The molecule has 3 saturated heterocycles. The maximum Gasteiger partial charge on any atom is 0.253 e. The van der Waals surface area contributed by atoms with Crippen LogP contribution in [0.5, 0.6) is 0 Å². The molecule has 0 saturated carbocycles. The Labute approximate surface area is 163 Å². The molecule has 3 fully saturated rings. The lowest BCUT2D eigenvalue weighted by molar-refractivity contribution is 0.0773. The van der Waals surface area contributed by atoms with Crippen molar-refractivity contribution in [2.75, 3.05) is 72.5 Å². The fourth-order valence-corrected chi connectivity index (χ4v) is 4.52. The molecule has 3 heterocycles. The Morgan fingerprint density at radius 3 is 2.63 bits per heavy atom. The van der Waals surface area contributed by atoms with Crippen molar-refractivity contribution >= 4 is 5.91 Å². The first-order valence-electron chi connectivity index (χ1n) is 10.4. The Morgan fingerprint density at radius 1 is 1.07 bits per heavy atom. The molecule has 0 aliphatic carbocycles. The zero-order chi connectivity index (χ0) is 18.6. The van der Waals surface area contributed by atoms with Crippen molar-refractivity contribution in [2.24, 2.45) is 0 Å². The molecule has 1 N–H and O–H groups in total. The molecule has 0 spiro atoms. The van der Waals surface area contributed by atoms with Crippen LogP contribution in [0.25, 0.3) is 0 Å². The van der Waals surface area contributed by atoms with E-state index in [9.17, 15) is 4.79 Å². The van der Waals surface area contributed by atoms with Crippen LogP contribution in [0.3, 0.4) is 0 Å². The van der Waals surface area contributed by atoms with E-state index in [2.05, 4.69) is 44.1 Å². The number of hydrogen-bond acceptors (Lipinski definition) is 5. The van der Waals surface area contributed by atoms with E-state index in [1.165, 1.54) is 5.56 Å². The van der Waals surface area contributed by atoms with Crippen LogP contribution in [0.15, 0.2) is 24.3 Å². The zero-order valence-electron chi connectivity index (χ0n) is 16.6. The first-order valence-corrected chi connectivity index (χ1v) is 10.4. The van der Waals surface area contributed by atoms with E-state index in [4.69, 9.17) is 0 Å². The molecular formula is C21H33N5O. The zero-order valence-corrected chi connectivity index (χ0v) is 16.6. The number of rotatable bonds is 4. The molecule has 1 atom stereocenters. The van der Waals surface area contributed by atoms with Gasteiger partial charge in [-0.1, -0.05) is 12.1 Å². The van der Waals surface area contributed by atoms with Crippen LogP contribution < -0.4 is 5.32 Å². The minimum Gasteiger partial charge on any atom is -0.337 e. The minimum atomic E-state index is 0.202. The first-order chi connectivity index (χ1) is 13.2. The SMILES string of the molecule is CN1CCN(Cc2cccc(C(=O)N3CCC(N4CCNCC4)C3)c2)CC1. The summed E-state index contributed by atoms with van der Waals surface area (Å²) in [6.07, 6.45) is 1.10. The minimum absolute atomic E-state index is 0.202. The number of carbonyl (C=O) groups excluding carboxylic acids is 1. The third-order valence-corrected chi connectivity index (χ3v) is 6.29. The summed E-state index contributed by atoms with van der Waals surface area (Å²) in [5.74, 6) is 0.202. The van der Waals surface area contributed by atoms with Crippen molar-refractivity contribution in [3.8, 4) is 0 Å². The molecule has 3 aliphatic rings. The van der Waals surface area contributed by atoms with E-state index in [0.717, 1.165) is 84.0 Å². The number of nitrogens with zero attached hydrogens (tertiary/aromatic N) is 4. The predicted molar refractivity (Wildman–Crippen MR) is 108 cm³/mol. The second-order valence-corrected chi connectivity index (χ2v) is 8.26. The van der Waals surface area contributed by atoms with E-state index >= 15 is 0 Å². The van der Waals surface area contributed by atoms with Crippen LogP contribution >= 0.6 is 0 Å². The summed E-state index contributed by atoms with van der Waals surface area (Å²) in [4.78, 5) is 22.5. The fourth-order valence-electron chi connectivity index (χ4n) is 4.52. The van der Waals surface area contributed by atoms with Crippen molar-refractivity contribution in [2.45, 2.75) is 19.0 Å². The molecule has 1 aromatic carbocycles. The van der Waals surface area contributed by atoms with Gasteiger partial charge in [0.15, 0.2) is 0 Å². The highest BCUT2D eigenvalue weighted by Gasteiger charge is 2.31. The number of carbonyl (C=O) groups is 1. The van der Waals surface area contributed by atoms with Gasteiger partial charge in [-0.3, -0.25) is 14.6 Å². The second kappa shape index (κ2) is 8.69. The fraction of sp³-hybridized carbons (Fsp3) is 0.667. The van der Waals surface area contributed by atoms with Crippen LogP contribution in [0.4, 0.5) is 0 Å². The molecule has 1 amide bonds. The number of hydrogen-bond donors (Lipinski definition) is 1. The number of amides is 1. The monoisotopic (exact) mass is 371 g/mol. The highest BCUT2D eigenvalue weighted by Crippen LogP contribution is 2.19.